The number of hydrogen-bond donors (Lipinski definition) is 2. The molecule has 0 aliphatic heterocycles. The highest BCUT2D eigenvalue weighted by atomic mass is 35.5. The molecule has 0 spiro atoms. The number of aromatic nitrogens is 2. The van der Waals surface area contributed by atoms with E-state index in [-0.39, 0.29) is 12.3 Å². The molecule has 0 amide bonds. The van der Waals surface area contributed by atoms with Gasteiger partial charge in [0, 0.05) is 10.4 Å². The van der Waals surface area contributed by atoms with Crippen molar-refractivity contribution in [2.24, 2.45) is 5.73 Å². The summed E-state index contributed by atoms with van der Waals surface area (Å²) in [6.07, 6.45) is 0. The number of nitrogens with two attached hydrogens (primary N) is 1. The predicted molar refractivity (Wildman–Crippen MR) is 54.5 cm³/mol. The monoisotopic (exact) mass is 209 g/mol. The Balaban J connectivity index is 2.67. The van der Waals surface area contributed by atoms with E-state index < -0.39 is 0 Å². The number of halogens is 1. The number of nitrogens with zero attached hydrogens (tertiary/aromatic N) is 1. The van der Waals surface area contributed by atoms with Crippen LogP contribution in [0.2, 0.25) is 5.02 Å². The lowest BCUT2D eigenvalue weighted by atomic mass is 10.1. The molecule has 2 rings (SSSR count). The summed E-state index contributed by atoms with van der Waals surface area (Å²) in [4.78, 5) is 11.3. The number of Topliss-reactive ketones (excluding diaryl/α,β-unsaturated/α-hetero) is 1. The van der Waals surface area contributed by atoms with Gasteiger partial charge in [-0.2, -0.15) is 5.10 Å². The van der Waals surface area contributed by atoms with Gasteiger partial charge in [0.25, 0.3) is 0 Å². The molecule has 1 heterocycles. The molecule has 0 atom stereocenters. The van der Waals surface area contributed by atoms with Crippen LogP contribution in [0.5, 0.6) is 0 Å². The topological polar surface area (TPSA) is 71.8 Å². The van der Waals surface area contributed by atoms with Gasteiger partial charge in [-0.25, -0.2) is 0 Å². The molecule has 0 radical (unpaired) electrons. The molecule has 0 aliphatic carbocycles. The van der Waals surface area contributed by atoms with Gasteiger partial charge in [0.05, 0.1) is 12.1 Å². The van der Waals surface area contributed by atoms with Crippen molar-refractivity contribution < 1.29 is 4.79 Å². The predicted octanol–water partition coefficient (Wildman–Crippen LogP) is 1.36. The molecule has 2 aromatic rings. The van der Waals surface area contributed by atoms with Crippen molar-refractivity contribution in [2.75, 3.05) is 6.54 Å². The van der Waals surface area contributed by atoms with Gasteiger partial charge < -0.3 is 5.73 Å². The van der Waals surface area contributed by atoms with Gasteiger partial charge in [0.2, 0.25) is 0 Å². The van der Waals surface area contributed by atoms with E-state index in [9.17, 15) is 4.79 Å². The fourth-order valence-corrected chi connectivity index (χ4v) is 1.47. The first-order valence-electron chi connectivity index (χ1n) is 4.09. The Bertz CT molecular complexity index is 492. The molecule has 1 aromatic carbocycles. The molecule has 4 nitrogen and oxygen atoms in total. The lowest BCUT2D eigenvalue weighted by molar-refractivity contribution is 0.0998. The maximum absolute atomic E-state index is 11.3. The molecular weight excluding hydrogens is 202 g/mol. The van der Waals surface area contributed by atoms with E-state index in [1.807, 2.05) is 0 Å². The number of carbonyl (C=O) groups excluding carboxylic acids is 1. The van der Waals surface area contributed by atoms with E-state index in [0.29, 0.717) is 16.1 Å². The smallest absolute Gasteiger partial charge is 0.197 e. The summed E-state index contributed by atoms with van der Waals surface area (Å²) in [5.74, 6) is -0.196. The average molecular weight is 210 g/mol. The summed E-state index contributed by atoms with van der Waals surface area (Å²) in [7, 11) is 0. The summed E-state index contributed by atoms with van der Waals surface area (Å²) in [5.41, 5.74) is 6.39. The molecule has 0 fully saturated rings. The Hall–Kier alpha value is -1.39. The van der Waals surface area contributed by atoms with Gasteiger partial charge in [-0.3, -0.25) is 9.89 Å². The zero-order chi connectivity index (χ0) is 10.1. The van der Waals surface area contributed by atoms with Crippen LogP contribution in [0.3, 0.4) is 0 Å². The minimum absolute atomic E-state index is 0.0491. The van der Waals surface area contributed by atoms with Gasteiger partial charge in [0.1, 0.15) is 5.69 Å². The third kappa shape index (κ3) is 1.38. The van der Waals surface area contributed by atoms with Crippen LogP contribution in [0.15, 0.2) is 18.2 Å². The van der Waals surface area contributed by atoms with Crippen LogP contribution in [0.1, 0.15) is 10.5 Å². The normalized spacial score (nSPS) is 10.7. The summed E-state index contributed by atoms with van der Waals surface area (Å²) < 4.78 is 0. The van der Waals surface area contributed by atoms with Crippen LogP contribution >= 0.6 is 11.6 Å². The van der Waals surface area contributed by atoms with Crippen molar-refractivity contribution >= 4 is 28.3 Å². The Morgan fingerprint density at radius 3 is 3.07 bits per heavy atom. The number of carbonyl (C=O) groups is 1. The molecule has 0 saturated carbocycles. The minimum atomic E-state index is -0.196. The molecule has 0 bridgehead atoms. The second-order valence-corrected chi connectivity index (χ2v) is 3.33. The summed E-state index contributed by atoms with van der Waals surface area (Å²) in [6.45, 7) is -0.0491. The van der Waals surface area contributed by atoms with Crippen LogP contribution < -0.4 is 5.73 Å². The van der Waals surface area contributed by atoms with Crippen molar-refractivity contribution in [3.63, 3.8) is 0 Å². The Labute approximate surface area is 85.0 Å². The minimum Gasteiger partial charge on any atom is -0.324 e. The number of ketones is 1. The van der Waals surface area contributed by atoms with Gasteiger partial charge in [0.15, 0.2) is 5.78 Å². The van der Waals surface area contributed by atoms with Crippen molar-refractivity contribution in [3.8, 4) is 0 Å². The van der Waals surface area contributed by atoms with Gasteiger partial charge in [-0.05, 0) is 18.2 Å². The van der Waals surface area contributed by atoms with Gasteiger partial charge in [-0.1, -0.05) is 11.6 Å². The SMILES string of the molecule is NCC(=O)c1n[nH]c2ccc(Cl)cc12. The zero-order valence-electron chi connectivity index (χ0n) is 7.25. The van der Waals surface area contributed by atoms with Crippen LogP contribution in [0, 0.1) is 0 Å². The number of aromatic amines is 1. The summed E-state index contributed by atoms with van der Waals surface area (Å²) in [6, 6.07) is 5.21. The second-order valence-electron chi connectivity index (χ2n) is 2.89. The number of hydrogen-bond acceptors (Lipinski definition) is 3. The molecule has 3 N–H and O–H groups in total. The molecule has 0 saturated heterocycles. The van der Waals surface area contributed by atoms with E-state index in [4.69, 9.17) is 17.3 Å². The van der Waals surface area contributed by atoms with E-state index >= 15 is 0 Å². The fraction of sp³-hybridized carbons (Fsp3) is 0.111. The zero-order valence-corrected chi connectivity index (χ0v) is 8.01. The quantitative estimate of drug-likeness (QED) is 0.734. The largest absolute Gasteiger partial charge is 0.324 e. The molecule has 72 valence electrons. The molecule has 5 heteroatoms. The highest BCUT2D eigenvalue weighted by molar-refractivity contribution is 6.31. The van der Waals surface area contributed by atoms with Crippen LogP contribution in [0.25, 0.3) is 10.9 Å². The Morgan fingerprint density at radius 2 is 2.36 bits per heavy atom. The molecule has 0 unspecified atom stereocenters. The Morgan fingerprint density at radius 1 is 1.57 bits per heavy atom. The van der Waals surface area contributed by atoms with Crippen LogP contribution in [-0.4, -0.2) is 22.5 Å². The first kappa shape index (κ1) is 9.18. The highest BCUT2D eigenvalue weighted by Gasteiger charge is 2.12. The van der Waals surface area contributed by atoms with Crippen LogP contribution in [-0.2, 0) is 0 Å². The third-order valence-electron chi connectivity index (χ3n) is 1.97. The van der Waals surface area contributed by atoms with Crippen molar-refractivity contribution in [2.45, 2.75) is 0 Å². The number of nitrogens with one attached hydrogen (secondary N) is 1. The highest BCUT2D eigenvalue weighted by Crippen LogP contribution is 2.20. The van der Waals surface area contributed by atoms with Crippen molar-refractivity contribution in [1.29, 1.82) is 0 Å². The van der Waals surface area contributed by atoms with Crippen molar-refractivity contribution in [1.82, 2.24) is 10.2 Å². The summed E-state index contributed by atoms with van der Waals surface area (Å²) >= 11 is 5.81. The number of rotatable bonds is 2. The summed E-state index contributed by atoms with van der Waals surface area (Å²) in [5, 5.41) is 7.93. The molecule has 14 heavy (non-hydrogen) atoms. The first-order chi connectivity index (χ1) is 6.72. The standard InChI is InChI=1S/C9H8ClN3O/c10-5-1-2-7-6(3-5)9(13-12-7)8(14)4-11/h1-3H,4,11H2,(H,12,13). The maximum Gasteiger partial charge on any atom is 0.197 e. The Kier molecular flexibility index (Phi) is 2.23. The second kappa shape index (κ2) is 3.40. The number of fused-ring (bicyclic) bond motifs is 1. The maximum atomic E-state index is 11.3. The van der Waals surface area contributed by atoms with Gasteiger partial charge >= 0.3 is 0 Å². The average Bonchev–Trinajstić information content (AvgIpc) is 2.59. The number of H-pyrrole nitrogens is 1. The first-order valence-corrected chi connectivity index (χ1v) is 4.47. The molecular formula is C9H8ClN3O. The number of benzene rings is 1. The third-order valence-corrected chi connectivity index (χ3v) is 2.21. The van der Waals surface area contributed by atoms with Gasteiger partial charge in [-0.15, -0.1) is 0 Å². The molecule has 1 aromatic heterocycles. The fourth-order valence-electron chi connectivity index (χ4n) is 1.30. The van der Waals surface area contributed by atoms with Crippen molar-refractivity contribution in [3.05, 3.63) is 28.9 Å². The lowest BCUT2D eigenvalue weighted by Crippen LogP contribution is -2.14. The van der Waals surface area contributed by atoms with E-state index in [1.54, 1.807) is 18.2 Å². The van der Waals surface area contributed by atoms with E-state index in [1.165, 1.54) is 0 Å². The van der Waals surface area contributed by atoms with Crippen LogP contribution in [0.4, 0.5) is 0 Å². The van der Waals surface area contributed by atoms with E-state index in [2.05, 4.69) is 10.2 Å². The van der Waals surface area contributed by atoms with E-state index in [0.717, 1.165) is 5.52 Å². The lowest BCUT2D eigenvalue weighted by Gasteiger charge is -1.93. The molecule has 0 aliphatic rings.